The van der Waals surface area contributed by atoms with Crippen LogP contribution in [0.4, 0.5) is 5.69 Å². The molecule has 0 radical (unpaired) electrons. The molecule has 1 unspecified atom stereocenters. The van der Waals surface area contributed by atoms with Gasteiger partial charge in [0, 0.05) is 12.6 Å². The fourth-order valence-corrected chi connectivity index (χ4v) is 2.30. The van der Waals surface area contributed by atoms with E-state index < -0.39 is 0 Å². The van der Waals surface area contributed by atoms with E-state index >= 15 is 0 Å². The van der Waals surface area contributed by atoms with Gasteiger partial charge in [-0.2, -0.15) is 5.10 Å². The lowest BCUT2D eigenvalue weighted by atomic mass is 10.1. The van der Waals surface area contributed by atoms with Crippen LogP contribution in [0.1, 0.15) is 52.9 Å². The highest BCUT2D eigenvalue weighted by Gasteiger charge is 2.13. The van der Waals surface area contributed by atoms with E-state index in [-0.39, 0.29) is 10.6 Å². The van der Waals surface area contributed by atoms with Crippen LogP contribution in [0.15, 0.2) is 11.0 Å². The van der Waals surface area contributed by atoms with Crippen molar-refractivity contribution in [2.24, 2.45) is 0 Å². The number of aromatic nitrogens is 2. The van der Waals surface area contributed by atoms with E-state index in [0.717, 1.165) is 19.3 Å². The summed E-state index contributed by atoms with van der Waals surface area (Å²) >= 11 is 6.12. The van der Waals surface area contributed by atoms with Crippen LogP contribution in [-0.2, 0) is 6.54 Å². The van der Waals surface area contributed by atoms with E-state index in [4.69, 9.17) is 11.6 Å². The van der Waals surface area contributed by atoms with Crippen LogP contribution >= 0.6 is 11.6 Å². The SMILES string of the molecule is CCCCC(CCC)Nc1cnn(CC)c(=O)c1Cl. The monoisotopic (exact) mass is 285 g/mol. The number of nitrogens with one attached hydrogen (secondary N) is 1. The molecule has 1 atom stereocenters. The average molecular weight is 286 g/mol. The Kier molecular flexibility index (Phi) is 6.92. The first-order chi connectivity index (χ1) is 9.13. The molecular weight excluding hydrogens is 262 g/mol. The van der Waals surface area contributed by atoms with Gasteiger partial charge in [0.25, 0.3) is 5.56 Å². The lowest BCUT2D eigenvalue weighted by molar-refractivity contribution is 0.562. The van der Waals surface area contributed by atoms with E-state index in [1.807, 2.05) is 6.92 Å². The Bertz CT molecular complexity index is 445. The van der Waals surface area contributed by atoms with Gasteiger partial charge in [-0.1, -0.05) is 44.7 Å². The smallest absolute Gasteiger partial charge is 0.287 e. The van der Waals surface area contributed by atoms with E-state index in [2.05, 4.69) is 24.3 Å². The summed E-state index contributed by atoms with van der Waals surface area (Å²) in [6.45, 7) is 6.75. The maximum Gasteiger partial charge on any atom is 0.287 e. The summed E-state index contributed by atoms with van der Waals surface area (Å²) in [7, 11) is 0. The fraction of sp³-hybridized carbons (Fsp3) is 0.714. The second-order valence-corrected chi connectivity index (χ2v) is 5.14. The quantitative estimate of drug-likeness (QED) is 0.792. The molecule has 1 aromatic heterocycles. The summed E-state index contributed by atoms with van der Waals surface area (Å²) in [5, 5.41) is 7.72. The van der Waals surface area contributed by atoms with Crippen molar-refractivity contribution in [3.63, 3.8) is 0 Å². The van der Waals surface area contributed by atoms with Gasteiger partial charge >= 0.3 is 0 Å². The molecule has 1 N–H and O–H groups in total. The summed E-state index contributed by atoms with van der Waals surface area (Å²) in [5.74, 6) is 0. The minimum atomic E-state index is -0.222. The fourth-order valence-electron chi connectivity index (χ4n) is 2.10. The molecule has 1 heterocycles. The highest BCUT2D eigenvalue weighted by molar-refractivity contribution is 6.32. The van der Waals surface area contributed by atoms with Gasteiger partial charge in [-0.25, -0.2) is 4.68 Å². The number of anilines is 1. The molecule has 0 bridgehead atoms. The zero-order valence-electron chi connectivity index (χ0n) is 12.1. The molecule has 0 fully saturated rings. The van der Waals surface area contributed by atoms with Crippen LogP contribution in [0.2, 0.25) is 5.02 Å². The highest BCUT2D eigenvalue weighted by Crippen LogP contribution is 2.19. The molecule has 19 heavy (non-hydrogen) atoms. The standard InChI is InChI=1S/C14H24ClN3O/c1-4-7-9-11(8-5-2)17-12-10-16-18(6-3)14(19)13(12)15/h10-11,17H,4-9H2,1-3H3. The molecule has 5 heteroatoms. The summed E-state index contributed by atoms with van der Waals surface area (Å²) in [6.07, 6.45) is 7.28. The number of aryl methyl sites for hydroxylation is 1. The molecule has 1 aromatic rings. The lowest BCUT2D eigenvalue weighted by Gasteiger charge is -2.19. The summed E-state index contributed by atoms with van der Waals surface area (Å²) in [6, 6.07) is 0.362. The summed E-state index contributed by atoms with van der Waals surface area (Å²) in [4.78, 5) is 11.9. The largest absolute Gasteiger partial charge is 0.380 e. The number of halogens is 1. The van der Waals surface area contributed by atoms with E-state index in [0.29, 0.717) is 18.3 Å². The second kappa shape index (κ2) is 8.20. The molecule has 0 aliphatic carbocycles. The van der Waals surface area contributed by atoms with Gasteiger partial charge in [0.15, 0.2) is 0 Å². The molecule has 4 nitrogen and oxygen atoms in total. The average Bonchev–Trinajstić information content (AvgIpc) is 2.41. The van der Waals surface area contributed by atoms with Gasteiger partial charge in [0.1, 0.15) is 5.02 Å². The third-order valence-electron chi connectivity index (χ3n) is 3.19. The first-order valence-corrected chi connectivity index (χ1v) is 7.53. The van der Waals surface area contributed by atoms with Crippen LogP contribution in [0.25, 0.3) is 0 Å². The highest BCUT2D eigenvalue weighted by atomic mass is 35.5. The van der Waals surface area contributed by atoms with E-state index in [9.17, 15) is 4.79 Å². The minimum absolute atomic E-state index is 0.222. The van der Waals surface area contributed by atoms with Gasteiger partial charge < -0.3 is 5.32 Å². The predicted molar refractivity (Wildman–Crippen MR) is 81.0 cm³/mol. The van der Waals surface area contributed by atoms with E-state index in [1.54, 1.807) is 6.20 Å². The Hall–Kier alpha value is -1.03. The topological polar surface area (TPSA) is 46.9 Å². The van der Waals surface area contributed by atoms with Gasteiger partial charge in [-0.3, -0.25) is 4.79 Å². The summed E-state index contributed by atoms with van der Waals surface area (Å²) < 4.78 is 1.37. The van der Waals surface area contributed by atoms with Crippen LogP contribution in [-0.4, -0.2) is 15.8 Å². The third kappa shape index (κ3) is 4.53. The van der Waals surface area contributed by atoms with Crippen molar-refractivity contribution in [2.75, 3.05) is 5.32 Å². The van der Waals surface area contributed by atoms with Crippen molar-refractivity contribution in [1.29, 1.82) is 0 Å². The number of nitrogens with zero attached hydrogens (tertiary/aromatic N) is 2. The first-order valence-electron chi connectivity index (χ1n) is 7.16. The van der Waals surface area contributed by atoms with Crippen molar-refractivity contribution in [1.82, 2.24) is 9.78 Å². The van der Waals surface area contributed by atoms with Crippen molar-refractivity contribution in [3.8, 4) is 0 Å². The zero-order chi connectivity index (χ0) is 14.3. The Labute approximate surface area is 120 Å². The molecule has 0 aliphatic heterocycles. The van der Waals surface area contributed by atoms with Gasteiger partial charge in [0.05, 0.1) is 11.9 Å². The summed E-state index contributed by atoms with van der Waals surface area (Å²) in [5.41, 5.74) is 0.436. The number of hydrogen-bond acceptors (Lipinski definition) is 3. The maximum absolute atomic E-state index is 11.9. The van der Waals surface area contributed by atoms with Crippen molar-refractivity contribution in [2.45, 2.75) is 65.5 Å². The number of hydrogen-bond donors (Lipinski definition) is 1. The second-order valence-electron chi connectivity index (χ2n) is 4.77. The van der Waals surface area contributed by atoms with Gasteiger partial charge in [-0.15, -0.1) is 0 Å². The molecule has 0 saturated carbocycles. The molecule has 0 aliphatic rings. The number of unbranched alkanes of at least 4 members (excludes halogenated alkanes) is 1. The predicted octanol–water partition coefficient (Wildman–Crippen LogP) is 3.69. The van der Waals surface area contributed by atoms with Gasteiger partial charge in [-0.05, 0) is 19.8 Å². The van der Waals surface area contributed by atoms with Crippen LogP contribution in [0.5, 0.6) is 0 Å². The maximum atomic E-state index is 11.9. The Morgan fingerprint density at radius 2 is 2.05 bits per heavy atom. The third-order valence-corrected chi connectivity index (χ3v) is 3.55. The molecule has 0 saturated heterocycles. The molecule has 108 valence electrons. The molecule has 0 aromatic carbocycles. The van der Waals surface area contributed by atoms with Crippen LogP contribution in [0, 0.1) is 0 Å². The van der Waals surface area contributed by atoms with Crippen molar-refractivity contribution < 1.29 is 0 Å². The molecule has 1 rings (SSSR count). The van der Waals surface area contributed by atoms with Crippen molar-refractivity contribution in [3.05, 3.63) is 21.6 Å². The minimum Gasteiger partial charge on any atom is -0.380 e. The Morgan fingerprint density at radius 1 is 1.32 bits per heavy atom. The van der Waals surface area contributed by atoms with E-state index in [1.165, 1.54) is 17.5 Å². The van der Waals surface area contributed by atoms with Crippen molar-refractivity contribution >= 4 is 17.3 Å². The Morgan fingerprint density at radius 3 is 2.63 bits per heavy atom. The molecule has 0 amide bonds. The normalized spacial score (nSPS) is 12.4. The Balaban J connectivity index is 2.84. The van der Waals surface area contributed by atoms with Crippen LogP contribution in [0.3, 0.4) is 0 Å². The number of rotatable bonds is 8. The van der Waals surface area contributed by atoms with Crippen LogP contribution < -0.4 is 10.9 Å². The first kappa shape index (κ1) is 16.0. The molecular formula is C14H24ClN3O. The lowest BCUT2D eigenvalue weighted by Crippen LogP contribution is -2.26. The zero-order valence-corrected chi connectivity index (χ0v) is 12.8. The van der Waals surface area contributed by atoms with Gasteiger partial charge in [0.2, 0.25) is 0 Å². The molecule has 0 spiro atoms.